The highest BCUT2D eigenvalue weighted by atomic mass is 32.2. The summed E-state index contributed by atoms with van der Waals surface area (Å²) in [6.07, 6.45) is 1.09. The van der Waals surface area contributed by atoms with Crippen LogP contribution in [-0.2, 0) is 6.42 Å². The number of thioether (sulfide) groups is 1. The first kappa shape index (κ1) is 10.6. The average Bonchev–Trinajstić information content (AvgIpc) is 2.66. The van der Waals surface area contributed by atoms with Crippen LogP contribution in [0.4, 0.5) is 0 Å². The van der Waals surface area contributed by atoms with E-state index in [4.69, 9.17) is 0 Å². The molecule has 0 aliphatic carbocycles. The smallest absolute Gasteiger partial charge is 0.143 e. The number of nitrogens with zero attached hydrogens (tertiary/aromatic N) is 2. The Labute approximate surface area is 97.8 Å². The Balaban J connectivity index is 1.80. The molecule has 0 saturated heterocycles. The Bertz CT molecular complexity index is 412. The molecule has 0 bridgehead atoms. The molecule has 0 saturated carbocycles. The summed E-state index contributed by atoms with van der Waals surface area (Å²) < 4.78 is 1.07. The van der Waals surface area contributed by atoms with Crippen molar-refractivity contribution in [2.45, 2.75) is 17.7 Å². The fraction of sp³-hybridized carbons (Fsp3) is 0.273. The third-order valence-corrected chi connectivity index (χ3v) is 3.94. The molecule has 15 heavy (non-hydrogen) atoms. The van der Waals surface area contributed by atoms with E-state index in [1.165, 1.54) is 5.56 Å². The third-order valence-electron chi connectivity index (χ3n) is 1.97. The standard InChI is InChI=1S/C11H12N2S2/c1-9-12-13-11(15-9)14-8-7-10-5-3-2-4-6-10/h2-6H,7-8H2,1H3. The molecule has 0 N–H and O–H groups in total. The van der Waals surface area contributed by atoms with Crippen molar-refractivity contribution in [3.8, 4) is 0 Å². The molecule has 0 unspecified atom stereocenters. The second kappa shape index (κ2) is 5.28. The molecule has 0 aliphatic heterocycles. The van der Waals surface area contributed by atoms with E-state index in [-0.39, 0.29) is 0 Å². The number of benzene rings is 1. The minimum atomic E-state index is 1.04. The summed E-state index contributed by atoms with van der Waals surface area (Å²) in [5.74, 6) is 1.07. The zero-order valence-electron chi connectivity index (χ0n) is 8.51. The van der Waals surface area contributed by atoms with Gasteiger partial charge < -0.3 is 0 Å². The highest BCUT2D eigenvalue weighted by molar-refractivity contribution is 8.01. The van der Waals surface area contributed by atoms with Crippen LogP contribution in [0.5, 0.6) is 0 Å². The molecule has 0 amide bonds. The number of aryl methyl sites for hydroxylation is 2. The highest BCUT2D eigenvalue weighted by Gasteiger charge is 2.00. The molecule has 1 aromatic carbocycles. The Morgan fingerprint density at radius 2 is 2.00 bits per heavy atom. The predicted octanol–water partition coefficient (Wildman–Crippen LogP) is 3.18. The lowest BCUT2D eigenvalue weighted by Crippen LogP contribution is -1.87. The Hall–Kier alpha value is -0.870. The lowest BCUT2D eigenvalue weighted by atomic mass is 10.2. The zero-order chi connectivity index (χ0) is 10.5. The summed E-state index contributed by atoms with van der Waals surface area (Å²) in [6.45, 7) is 1.99. The SMILES string of the molecule is Cc1nnc(SCCc2ccccc2)s1. The van der Waals surface area contributed by atoms with Gasteiger partial charge in [-0.3, -0.25) is 0 Å². The van der Waals surface area contributed by atoms with Crippen LogP contribution in [0.1, 0.15) is 10.6 Å². The zero-order valence-corrected chi connectivity index (χ0v) is 10.1. The molecule has 2 aromatic rings. The summed E-state index contributed by atoms with van der Waals surface area (Å²) in [7, 11) is 0. The van der Waals surface area contributed by atoms with Gasteiger partial charge in [0.1, 0.15) is 5.01 Å². The number of hydrogen-bond acceptors (Lipinski definition) is 4. The maximum absolute atomic E-state index is 4.08. The molecular weight excluding hydrogens is 224 g/mol. The molecule has 0 radical (unpaired) electrons. The molecule has 4 heteroatoms. The van der Waals surface area contributed by atoms with Crippen LogP contribution < -0.4 is 0 Å². The molecule has 0 spiro atoms. The summed E-state index contributed by atoms with van der Waals surface area (Å²) in [5.41, 5.74) is 1.38. The predicted molar refractivity (Wildman–Crippen MR) is 65.5 cm³/mol. The topological polar surface area (TPSA) is 25.8 Å². The molecule has 0 atom stereocenters. The van der Waals surface area contributed by atoms with Crippen molar-refractivity contribution in [1.82, 2.24) is 10.2 Å². The summed E-state index contributed by atoms with van der Waals surface area (Å²) in [6, 6.07) is 10.5. The Morgan fingerprint density at radius 3 is 2.67 bits per heavy atom. The quantitative estimate of drug-likeness (QED) is 0.762. The van der Waals surface area contributed by atoms with Crippen molar-refractivity contribution in [2.75, 3.05) is 5.75 Å². The molecule has 78 valence electrons. The van der Waals surface area contributed by atoms with E-state index in [9.17, 15) is 0 Å². The van der Waals surface area contributed by atoms with Crippen molar-refractivity contribution >= 4 is 23.1 Å². The van der Waals surface area contributed by atoms with Crippen LogP contribution in [0.25, 0.3) is 0 Å². The average molecular weight is 236 g/mol. The van der Waals surface area contributed by atoms with Gasteiger partial charge in [0.2, 0.25) is 0 Å². The summed E-state index contributed by atoms with van der Waals surface area (Å²) in [4.78, 5) is 0. The Morgan fingerprint density at radius 1 is 1.20 bits per heavy atom. The molecular formula is C11H12N2S2. The largest absolute Gasteiger partial charge is 0.174 e. The summed E-state index contributed by atoms with van der Waals surface area (Å²) >= 11 is 3.44. The molecule has 2 nitrogen and oxygen atoms in total. The monoisotopic (exact) mass is 236 g/mol. The normalized spacial score (nSPS) is 10.5. The van der Waals surface area contributed by atoms with Crippen molar-refractivity contribution in [3.05, 3.63) is 40.9 Å². The number of aromatic nitrogens is 2. The van der Waals surface area contributed by atoms with Gasteiger partial charge in [-0.1, -0.05) is 53.4 Å². The lowest BCUT2D eigenvalue weighted by Gasteiger charge is -1.98. The van der Waals surface area contributed by atoms with Crippen LogP contribution in [0.2, 0.25) is 0 Å². The van der Waals surface area contributed by atoms with Crippen LogP contribution in [0.15, 0.2) is 34.7 Å². The van der Waals surface area contributed by atoms with Crippen molar-refractivity contribution in [1.29, 1.82) is 0 Å². The van der Waals surface area contributed by atoms with E-state index in [0.717, 1.165) is 21.5 Å². The van der Waals surface area contributed by atoms with Crippen LogP contribution in [0, 0.1) is 6.92 Å². The molecule has 2 rings (SSSR count). The fourth-order valence-electron chi connectivity index (χ4n) is 1.24. The van der Waals surface area contributed by atoms with Gasteiger partial charge in [-0.05, 0) is 18.9 Å². The molecule has 0 fully saturated rings. The minimum Gasteiger partial charge on any atom is -0.143 e. The first-order valence-corrected chi connectivity index (χ1v) is 6.61. The van der Waals surface area contributed by atoms with E-state index in [2.05, 4.69) is 34.5 Å². The van der Waals surface area contributed by atoms with Gasteiger partial charge in [-0.15, -0.1) is 10.2 Å². The first-order valence-electron chi connectivity index (χ1n) is 4.81. The van der Waals surface area contributed by atoms with Crippen molar-refractivity contribution in [2.24, 2.45) is 0 Å². The van der Waals surface area contributed by atoms with Gasteiger partial charge in [-0.2, -0.15) is 0 Å². The second-order valence-electron chi connectivity index (χ2n) is 3.17. The molecule has 1 heterocycles. The summed E-state index contributed by atoms with van der Waals surface area (Å²) in [5, 5.41) is 9.11. The third kappa shape index (κ3) is 3.32. The highest BCUT2D eigenvalue weighted by Crippen LogP contribution is 2.22. The van der Waals surface area contributed by atoms with E-state index in [0.29, 0.717) is 0 Å². The van der Waals surface area contributed by atoms with E-state index >= 15 is 0 Å². The van der Waals surface area contributed by atoms with Gasteiger partial charge in [-0.25, -0.2) is 0 Å². The second-order valence-corrected chi connectivity index (χ2v) is 5.69. The number of rotatable bonds is 4. The maximum Gasteiger partial charge on any atom is 0.174 e. The van der Waals surface area contributed by atoms with E-state index in [1.54, 1.807) is 23.1 Å². The van der Waals surface area contributed by atoms with Crippen LogP contribution in [-0.4, -0.2) is 16.0 Å². The minimum absolute atomic E-state index is 1.04. The Kier molecular flexibility index (Phi) is 3.75. The maximum atomic E-state index is 4.08. The molecule has 1 aromatic heterocycles. The van der Waals surface area contributed by atoms with Gasteiger partial charge in [0.25, 0.3) is 0 Å². The van der Waals surface area contributed by atoms with E-state index < -0.39 is 0 Å². The first-order chi connectivity index (χ1) is 7.34. The van der Waals surface area contributed by atoms with Crippen LogP contribution >= 0.6 is 23.1 Å². The number of hydrogen-bond donors (Lipinski definition) is 0. The van der Waals surface area contributed by atoms with Crippen molar-refractivity contribution in [3.63, 3.8) is 0 Å². The van der Waals surface area contributed by atoms with Gasteiger partial charge >= 0.3 is 0 Å². The van der Waals surface area contributed by atoms with Gasteiger partial charge in [0, 0.05) is 5.75 Å². The van der Waals surface area contributed by atoms with Gasteiger partial charge in [0.05, 0.1) is 0 Å². The van der Waals surface area contributed by atoms with Crippen LogP contribution in [0.3, 0.4) is 0 Å². The molecule has 0 aliphatic rings. The van der Waals surface area contributed by atoms with Crippen molar-refractivity contribution < 1.29 is 0 Å². The fourth-order valence-corrected chi connectivity index (χ4v) is 3.11. The van der Waals surface area contributed by atoms with Gasteiger partial charge in [0.15, 0.2) is 4.34 Å². The lowest BCUT2D eigenvalue weighted by molar-refractivity contribution is 0.982. The van der Waals surface area contributed by atoms with E-state index in [1.807, 2.05) is 13.0 Å².